The molecule has 3 nitrogen and oxygen atoms in total. The average Bonchev–Trinajstić information content (AvgIpc) is 2.44. The van der Waals surface area contributed by atoms with Crippen molar-refractivity contribution < 1.29 is 9.53 Å². The van der Waals surface area contributed by atoms with Crippen LogP contribution < -0.4 is 5.32 Å². The zero-order valence-corrected chi connectivity index (χ0v) is 14.2. The van der Waals surface area contributed by atoms with Gasteiger partial charge in [0.1, 0.15) is 0 Å². The summed E-state index contributed by atoms with van der Waals surface area (Å²) < 4.78 is 4.76. The van der Waals surface area contributed by atoms with Crippen LogP contribution in [0.3, 0.4) is 0 Å². The van der Waals surface area contributed by atoms with E-state index in [2.05, 4.69) is 12.2 Å². The van der Waals surface area contributed by atoms with Crippen LogP contribution in [0.25, 0.3) is 0 Å². The van der Waals surface area contributed by atoms with Crippen LogP contribution in [0.5, 0.6) is 0 Å². The zero-order valence-electron chi connectivity index (χ0n) is 13.4. The summed E-state index contributed by atoms with van der Waals surface area (Å²) in [5, 5.41) is 3.76. The van der Waals surface area contributed by atoms with Gasteiger partial charge < -0.3 is 10.1 Å². The molecule has 0 amide bonds. The Bertz CT molecular complexity index is 350. The van der Waals surface area contributed by atoms with Gasteiger partial charge in [0.15, 0.2) is 0 Å². The standard InChI is InChI=1S/C17H29NO2S/c1-3-18-15(10-21-11-16(19)20-2)17-7-12-4-13(8-17)6-14(5-12)9-17/h12-15,18H,3-11H2,1-2H3. The Morgan fingerprint density at radius 1 is 1.24 bits per heavy atom. The van der Waals surface area contributed by atoms with Gasteiger partial charge >= 0.3 is 5.97 Å². The van der Waals surface area contributed by atoms with Gasteiger partial charge in [0.2, 0.25) is 0 Å². The number of carbonyl (C=O) groups is 1. The average molecular weight is 311 g/mol. The first-order valence-corrected chi connectivity index (χ1v) is 9.68. The van der Waals surface area contributed by atoms with Crippen LogP contribution in [0.2, 0.25) is 0 Å². The minimum absolute atomic E-state index is 0.0965. The summed E-state index contributed by atoms with van der Waals surface area (Å²) in [6, 6.07) is 0.575. The monoisotopic (exact) mass is 311 g/mol. The van der Waals surface area contributed by atoms with Gasteiger partial charge in [-0.2, -0.15) is 0 Å². The van der Waals surface area contributed by atoms with E-state index in [9.17, 15) is 4.79 Å². The molecular formula is C17H29NO2S. The fraction of sp³-hybridized carbons (Fsp3) is 0.941. The van der Waals surface area contributed by atoms with Crippen LogP contribution >= 0.6 is 11.8 Å². The smallest absolute Gasteiger partial charge is 0.315 e. The largest absolute Gasteiger partial charge is 0.468 e. The molecule has 0 heterocycles. The fourth-order valence-electron chi connectivity index (χ4n) is 5.62. The summed E-state index contributed by atoms with van der Waals surface area (Å²) in [6.45, 7) is 3.24. The van der Waals surface area contributed by atoms with Gasteiger partial charge in [-0.1, -0.05) is 6.92 Å². The molecule has 0 radical (unpaired) electrons. The van der Waals surface area contributed by atoms with Gasteiger partial charge in [-0.3, -0.25) is 4.79 Å². The molecule has 0 saturated heterocycles. The topological polar surface area (TPSA) is 38.3 Å². The Balaban J connectivity index is 1.64. The highest BCUT2D eigenvalue weighted by Crippen LogP contribution is 2.61. The van der Waals surface area contributed by atoms with Crippen LogP contribution in [-0.2, 0) is 9.53 Å². The SMILES string of the molecule is CCNC(CSCC(=O)OC)C12CC3CC(CC(C3)C1)C2. The number of esters is 1. The molecule has 0 aromatic rings. The van der Waals surface area contributed by atoms with Gasteiger partial charge in [0, 0.05) is 11.8 Å². The number of hydrogen-bond donors (Lipinski definition) is 1. The molecule has 4 bridgehead atoms. The van der Waals surface area contributed by atoms with Crippen LogP contribution in [0.1, 0.15) is 45.4 Å². The van der Waals surface area contributed by atoms with Crippen LogP contribution in [-0.4, -0.2) is 37.2 Å². The van der Waals surface area contributed by atoms with E-state index in [4.69, 9.17) is 4.74 Å². The molecule has 4 rings (SSSR count). The van der Waals surface area contributed by atoms with E-state index < -0.39 is 0 Å². The van der Waals surface area contributed by atoms with Crippen LogP contribution in [0.15, 0.2) is 0 Å². The van der Waals surface area contributed by atoms with Crippen molar-refractivity contribution >= 4 is 17.7 Å². The van der Waals surface area contributed by atoms with Crippen molar-refractivity contribution in [2.45, 2.75) is 51.5 Å². The molecule has 0 spiro atoms. The maximum Gasteiger partial charge on any atom is 0.315 e. The van der Waals surface area contributed by atoms with E-state index in [-0.39, 0.29) is 5.97 Å². The van der Waals surface area contributed by atoms with E-state index in [1.807, 2.05) is 0 Å². The summed E-state index contributed by atoms with van der Waals surface area (Å²) in [5.41, 5.74) is 0.522. The third kappa shape index (κ3) is 3.26. The molecule has 4 aliphatic carbocycles. The Kier molecular flexibility index (Phi) is 4.84. The minimum Gasteiger partial charge on any atom is -0.468 e. The van der Waals surface area contributed by atoms with Crippen molar-refractivity contribution in [1.82, 2.24) is 5.32 Å². The van der Waals surface area contributed by atoms with Crippen LogP contribution in [0.4, 0.5) is 0 Å². The summed E-state index contributed by atoms with van der Waals surface area (Å²) in [7, 11) is 1.48. The molecule has 4 aliphatic rings. The Labute approximate surface area is 133 Å². The lowest BCUT2D eigenvalue weighted by molar-refractivity contribution is -0.137. The number of rotatable bonds is 7. The van der Waals surface area contributed by atoms with E-state index in [0.29, 0.717) is 17.2 Å². The third-order valence-electron chi connectivity index (χ3n) is 6.01. The van der Waals surface area contributed by atoms with Gasteiger partial charge in [0.25, 0.3) is 0 Å². The molecule has 0 aliphatic heterocycles. The van der Waals surface area contributed by atoms with E-state index in [0.717, 1.165) is 30.1 Å². The van der Waals surface area contributed by atoms with E-state index in [1.165, 1.54) is 45.6 Å². The summed E-state index contributed by atoms with van der Waals surface area (Å²) in [6.07, 6.45) is 8.76. The highest BCUT2D eigenvalue weighted by Gasteiger charge is 2.53. The highest BCUT2D eigenvalue weighted by atomic mass is 32.2. The maximum atomic E-state index is 11.3. The minimum atomic E-state index is -0.0965. The van der Waals surface area contributed by atoms with Crippen molar-refractivity contribution in [3.05, 3.63) is 0 Å². The predicted molar refractivity (Wildman–Crippen MR) is 87.4 cm³/mol. The third-order valence-corrected chi connectivity index (χ3v) is 7.02. The highest BCUT2D eigenvalue weighted by molar-refractivity contribution is 7.99. The van der Waals surface area contributed by atoms with Crippen molar-refractivity contribution in [3.8, 4) is 0 Å². The quantitative estimate of drug-likeness (QED) is 0.733. The molecule has 4 saturated carbocycles. The molecule has 21 heavy (non-hydrogen) atoms. The van der Waals surface area contributed by atoms with Crippen molar-refractivity contribution in [3.63, 3.8) is 0 Å². The molecule has 120 valence electrons. The Hall–Kier alpha value is -0.220. The van der Waals surface area contributed by atoms with Crippen molar-refractivity contribution in [2.24, 2.45) is 23.2 Å². The molecule has 4 heteroatoms. The van der Waals surface area contributed by atoms with Crippen LogP contribution in [0, 0.1) is 23.2 Å². The first-order chi connectivity index (χ1) is 10.1. The Morgan fingerprint density at radius 2 is 1.81 bits per heavy atom. The molecule has 0 aromatic carbocycles. The molecule has 1 N–H and O–H groups in total. The van der Waals surface area contributed by atoms with Crippen molar-refractivity contribution in [1.29, 1.82) is 0 Å². The molecule has 4 fully saturated rings. The normalized spacial score (nSPS) is 38.5. The number of methoxy groups -OCH3 is 1. The van der Waals surface area contributed by atoms with Gasteiger partial charge in [-0.25, -0.2) is 0 Å². The first kappa shape index (κ1) is 15.7. The predicted octanol–water partition coefficient (Wildman–Crippen LogP) is 3.09. The molecule has 1 unspecified atom stereocenters. The fourth-order valence-corrected chi connectivity index (χ4v) is 6.73. The number of ether oxygens (including phenoxy) is 1. The second kappa shape index (κ2) is 6.49. The lowest BCUT2D eigenvalue weighted by atomic mass is 9.48. The molecule has 0 aromatic heterocycles. The second-order valence-corrected chi connectivity index (χ2v) is 8.51. The molecule has 1 atom stereocenters. The number of hydrogen-bond acceptors (Lipinski definition) is 4. The molecular weight excluding hydrogens is 282 g/mol. The first-order valence-electron chi connectivity index (χ1n) is 8.53. The second-order valence-electron chi connectivity index (χ2n) is 7.48. The lowest BCUT2D eigenvalue weighted by Gasteiger charge is -2.59. The maximum absolute atomic E-state index is 11.3. The van der Waals surface area contributed by atoms with Gasteiger partial charge in [0.05, 0.1) is 12.9 Å². The lowest BCUT2D eigenvalue weighted by Crippen LogP contribution is -2.56. The summed E-state index contributed by atoms with van der Waals surface area (Å²) in [5.74, 6) is 4.41. The zero-order chi connectivity index (χ0) is 14.9. The van der Waals surface area contributed by atoms with E-state index >= 15 is 0 Å². The van der Waals surface area contributed by atoms with E-state index in [1.54, 1.807) is 11.8 Å². The van der Waals surface area contributed by atoms with Crippen molar-refractivity contribution in [2.75, 3.05) is 25.2 Å². The van der Waals surface area contributed by atoms with Gasteiger partial charge in [-0.05, 0) is 68.2 Å². The summed E-state index contributed by atoms with van der Waals surface area (Å²) >= 11 is 1.75. The number of thioether (sulfide) groups is 1. The summed E-state index contributed by atoms with van der Waals surface area (Å²) in [4.78, 5) is 11.3. The van der Waals surface area contributed by atoms with Gasteiger partial charge in [-0.15, -0.1) is 11.8 Å². The number of carbonyl (C=O) groups excluding carboxylic acids is 1. The number of nitrogens with one attached hydrogen (secondary N) is 1. The Morgan fingerprint density at radius 3 is 2.29 bits per heavy atom.